The van der Waals surface area contributed by atoms with Crippen LogP contribution in [0.1, 0.15) is 18.3 Å². The number of hydrogen-bond donors (Lipinski definition) is 1. The molecule has 3 rings (SSSR count). The van der Waals surface area contributed by atoms with Crippen LogP contribution in [-0.4, -0.2) is 33.0 Å². The van der Waals surface area contributed by atoms with E-state index in [0.717, 1.165) is 5.75 Å². The number of aromatic nitrogens is 3. The highest BCUT2D eigenvalue weighted by Crippen LogP contribution is 2.24. The zero-order valence-electron chi connectivity index (χ0n) is 16.7. The molecule has 7 nitrogen and oxygen atoms in total. The van der Waals surface area contributed by atoms with Crippen molar-refractivity contribution in [2.45, 2.75) is 25.6 Å². The van der Waals surface area contributed by atoms with E-state index in [4.69, 9.17) is 9.47 Å². The van der Waals surface area contributed by atoms with Gasteiger partial charge in [-0.05, 0) is 38.1 Å². The fraction of sp³-hybridized carbons (Fsp3) is 0.286. The zero-order valence-corrected chi connectivity index (χ0v) is 17.5. The summed E-state index contributed by atoms with van der Waals surface area (Å²) in [6.07, 6.45) is 0. The number of rotatable bonds is 9. The normalized spacial score (nSPS) is 10.6. The molecule has 0 unspecified atom stereocenters. The van der Waals surface area contributed by atoms with Crippen LogP contribution in [0.3, 0.4) is 0 Å². The Morgan fingerprint density at radius 2 is 1.86 bits per heavy atom. The van der Waals surface area contributed by atoms with Crippen molar-refractivity contribution in [1.82, 2.24) is 14.8 Å². The Labute approximate surface area is 174 Å². The smallest absolute Gasteiger partial charge is 0.234 e. The number of para-hydroxylation sites is 2. The van der Waals surface area contributed by atoms with Crippen LogP contribution >= 0.6 is 11.8 Å². The predicted octanol–water partition coefficient (Wildman–Crippen LogP) is 3.83. The first-order valence-corrected chi connectivity index (χ1v) is 10.3. The van der Waals surface area contributed by atoms with E-state index in [1.807, 2.05) is 74.0 Å². The number of aryl methyl sites for hydroxylation is 1. The Morgan fingerprint density at radius 1 is 1.10 bits per heavy atom. The monoisotopic (exact) mass is 412 g/mol. The summed E-state index contributed by atoms with van der Waals surface area (Å²) in [5.41, 5.74) is 1.84. The number of nitrogens with zero attached hydrogens (tertiary/aromatic N) is 3. The first kappa shape index (κ1) is 20.7. The summed E-state index contributed by atoms with van der Waals surface area (Å²) in [5, 5.41) is 11.9. The minimum absolute atomic E-state index is 0.136. The molecule has 1 N–H and O–H groups in total. The van der Waals surface area contributed by atoms with E-state index in [2.05, 4.69) is 15.5 Å². The summed E-state index contributed by atoms with van der Waals surface area (Å²) < 4.78 is 13.1. The Hall–Kier alpha value is -3.00. The molecule has 0 spiro atoms. The molecule has 2 aromatic carbocycles. The molecule has 0 atom stereocenters. The molecule has 0 aliphatic carbocycles. The molecular weight excluding hydrogens is 388 g/mol. The molecule has 0 radical (unpaired) electrons. The Morgan fingerprint density at radius 3 is 2.62 bits per heavy atom. The highest BCUT2D eigenvalue weighted by atomic mass is 32.2. The number of carbonyl (C=O) groups is 1. The molecule has 152 valence electrons. The van der Waals surface area contributed by atoms with Crippen LogP contribution in [0, 0.1) is 6.92 Å². The maximum absolute atomic E-state index is 12.3. The van der Waals surface area contributed by atoms with Crippen LogP contribution in [0.5, 0.6) is 11.5 Å². The third-order valence-corrected chi connectivity index (χ3v) is 5.13. The largest absolute Gasteiger partial charge is 0.492 e. The van der Waals surface area contributed by atoms with Gasteiger partial charge in [-0.1, -0.05) is 41.6 Å². The summed E-state index contributed by atoms with van der Waals surface area (Å²) >= 11 is 1.32. The van der Waals surface area contributed by atoms with E-state index in [1.54, 1.807) is 0 Å². The van der Waals surface area contributed by atoms with Crippen molar-refractivity contribution in [3.05, 3.63) is 59.9 Å². The lowest BCUT2D eigenvalue weighted by molar-refractivity contribution is -0.113. The minimum Gasteiger partial charge on any atom is -0.492 e. The summed E-state index contributed by atoms with van der Waals surface area (Å²) in [7, 11) is 1.86. The van der Waals surface area contributed by atoms with Crippen LogP contribution in [0.4, 0.5) is 5.69 Å². The zero-order chi connectivity index (χ0) is 20.6. The molecule has 1 heterocycles. The lowest BCUT2D eigenvalue weighted by atomic mass is 10.2. The van der Waals surface area contributed by atoms with Gasteiger partial charge in [0.05, 0.1) is 18.0 Å². The third kappa shape index (κ3) is 5.74. The van der Waals surface area contributed by atoms with E-state index in [1.165, 1.54) is 17.3 Å². The lowest BCUT2D eigenvalue weighted by Gasteiger charge is -2.11. The molecule has 0 aliphatic heterocycles. The molecule has 0 bridgehead atoms. The number of thioether (sulfide) groups is 1. The molecule has 29 heavy (non-hydrogen) atoms. The molecule has 0 saturated heterocycles. The number of anilines is 1. The predicted molar refractivity (Wildman–Crippen MR) is 113 cm³/mol. The van der Waals surface area contributed by atoms with Gasteiger partial charge in [0.25, 0.3) is 0 Å². The molecular formula is C21H24N4O3S. The fourth-order valence-electron chi connectivity index (χ4n) is 2.55. The van der Waals surface area contributed by atoms with E-state index in [-0.39, 0.29) is 11.7 Å². The Balaban J connectivity index is 1.53. The van der Waals surface area contributed by atoms with Crippen LogP contribution in [-0.2, 0) is 18.4 Å². The van der Waals surface area contributed by atoms with Crippen molar-refractivity contribution in [1.29, 1.82) is 0 Å². The van der Waals surface area contributed by atoms with Crippen molar-refractivity contribution >= 4 is 23.4 Å². The van der Waals surface area contributed by atoms with Gasteiger partial charge < -0.3 is 19.4 Å². The molecule has 0 fully saturated rings. The first-order chi connectivity index (χ1) is 14.1. The van der Waals surface area contributed by atoms with Gasteiger partial charge in [0.1, 0.15) is 18.1 Å². The summed E-state index contributed by atoms with van der Waals surface area (Å²) in [5.74, 6) is 2.20. The van der Waals surface area contributed by atoms with E-state index in [0.29, 0.717) is 35.6 Å². The molecule has 3 aromatic rings. The second kappa shape index (κ2) is 9.97. The third-order valence-electron chi connectivity index (χ3n) is 4.11. The average molecular weight is 413 g/mol. The number of amides is 1. The Bertz CT molecular complexity index is 957. The van der Waals surface area contributed by atoms with Gasteiger partial charge >= 0.3 is 0 Å². The van der Waals surface area contributed by atoms with Gasteiger partial charge in [0.15, 0.2) is 11.0 Å². The quantitative estimate of drug-likeness (QED) is 0.538. The van der Waals surface area contributed by atoms with Crippen LogP contribution in [0.25, 0.3) is 0 Å². The first-order valence-electron chi connectivity index (χ1n) is 9.29. The van der Waals surface area contributed by atoms with Crippen molar-refractivity contribution in [3.63, 3.8) is 0 Å². The van der Waals surface area contributed by atoms with E-state index < -0.39 is 0 Å². The van der Waals surface area contributed by atoms with Gasteiger partial charge in [-0.25, -0.2) is 0 Å². The fourth-order valence-corrected chi connectivity index (χ4v) is 3.28. The highest BCUT2D eigenvalue weighted by Gasteiger charge is 2.13. The van der Waals surface area contributed by atoms with E-state index >= 15 is 0 Å². The molecule has 1 aromatic heterocycles. The van der Waals surface area contributed by atoms with E-state index in [9.17, 15) is 4.79 Å². The molecule has 0 saturated carbocycles. The van der Waals surface area contributed by atoms with Gasteiger partial charge in [-0.3, -0.25) is 4.79 Å². The number of carbonyl (C=O) groups excluding carboxylic acids is 1. The van der Waals surface area contributed by atoms with Crippen molar-refractivity contribution in [2.24, 2.45) is 7.05 Å². The standard InChI is InChI=1S/C21H24N4O3S/c1-4-27-18-8-6-5-7-17(18)22-20(26)14-29-21-24-23-19(25(21)3)13-28-16-11-9-15(2)10-12-16/h5-12H,4,13-14H2,1-3H3,(H,22,26). The summed E-state index contributed by atoms with van der Waals surface area (Å²) in [6.45, 7) is 4.78. The average Bonchev–Trinajstić information content (AvgIpc) is 3.07. The second-order valence-corrected chi connectivity index (χ2v) is 7.27. The second-order valence-electron chi connectivity index (χ2n) is 6.33. The van der Waals surface area contributed by atoms with Crippen LogP contribution < -0.4 is 14.8 Å². The van der Waals surface area contributed by atoms with Gasteiger partial charge in [-0.2, -0.15) is 0 Å². The number of hydrogen-bond acceptors (Lipinski definition) is 6. The summed E-state index contributed by atoms with van der Waals surface area (Å²) in [4.78, 5) is 12.3. The lowest BCUT2D eigenvalue weighted by Crippen LogP contribution is -2.15. The van der Waals surface area contributed by atoms with Gasteiger partial charge in [0, 0.05) is 7.05 Å². The van der Waals surface area contributed by atoms with Crippen molar-refractivity contribution in [3.8, 4) is 11.5 Å². The maximum atomic E-state index is 12.3. The minimum atomic E-state index is -0.136. The number of nitrogens with one attached hydrogen (secondary N) is 1. The number of benzene rings is 2. The van der Waals surface area contributed by atoms with Gasteiger partial charge in [0.2, 0.25) is 5.91 Å². The van der Waals surface area contributed by atoms with Crippen molar-refractivity contribution < 1.29 is 14.3 Å². The number of ether oxygens (including phenoxy) is 2. The van der Waals surface area contributed by atoms with Crippen molar-refractivity contribution in [2.75, 3.05) is 17.7 Å². The summed E-state index contributed by atoms with van der Waals surface area (Å²) in [6, 6.07) is 15.2. The van der Waals surface area contributed by atoms with Crippen LogP contribution in [0.15, 0.2) is 53.7 Å². The van der Waals surface area contributed by atoms with Crippen LogP contribution in [0.2, 0.25) is 0 Å². The highest BCUT2D eigenvalue weighted by molar-refractivity contribution is 7.99. The van der Waals surface area contributed by atoms with Gasteiger partial charge in [-0.15, -0.1) is 10.2 Å². The molecule has 1 amide bonds. The molecule has 0 aliphatic rings. The molecule has 8 heteroatoms. The SMILES string of the molecule is CCOc1ccccc1NC(=O)CSc1nnc(COc2ccc(C)cc2)n1C. The topological polar surface area (TPSA) is 78.3 Å². The maximum Gasteiger partial charge on any atom is 0.234 e. The Kier molecular flexibility index (Phi) is 7.13.